The number of rotatable bonds is 9. The first-order valence-electron chi connectivity index (χ1n) is 6.44. The van der Waals surface area contributed by atoms with Crippen molar-refractivity contribution < 1.29 is 23.8 Å². The first-order valence-corrected chi connectivity index (χ1v) is 6.44. The minimum atomic E-state index is -0.474. The largest absolute Gasteiger partial charge is 0.491 e. The average molecular weight is 293 g/mol. The zero-order valence-electron chi connectivity index (χ0n) is 12.1. The molecule has 0 heterocycles. The Morgan fingerprint density at radius 1 is 1.29 bits per heavy atom. The first-order chi connectivity index (χ1) is 10.2. The minimum absolute atomic E-state index is 0.464. The molecular formula is C15H19NO5. The summed E-state index contributed by atoms with van der Waals surface area (Å²) in [6.07, 6.45) is 4.13. The second-order valence-electron chi connectivity index (χ2n) is 4.03. The smallest absolute Gasteiger partial charge is 0.330 e. The maximum Gasteiger partial charge on any atom is 0.330 e. The van der Waals surface area contributed by atoms with Crippen LogP contribution in [0.4, 0.5) is 5.69 Å². The molecule has 1 rings (SSSR count). The van der Waals surface area contributed by atoms with Crippen LogP contribution in [0.5, 0.6) is 5.75 Å². The van der Waals surface area contributed by atoms with Gasteiger partial charge >= 0.3 is 5.97 Å². The van der Waals surface area contributed by atoms with Gasteiger partial charge in [-0.15, -0.1) is 0 Å². The van der Waals surface area contributed by atoms with Crippen molar-refractivity contribution in [3.05, 3.63) is 29.8 Å². The van der Waals surface area contributed by atoms with Crippen LogP contribution in [0.3, 0.4) is 0 Å². The molecule has 0 spiro atoms. The van der Waals surface area contributed by atoms with E-state index in [1.54, 1.807) is 31.4 Å². The molecule has 0 aliphatic rings. The average Bonchev–Trinajstić information content (AvgIpc) is 2.51. The Hall–Kier alpha value is -2.34. The third kappa shape index (κ3) is 5.66. The summed E-state index contributed by atoms with van der Waals surface area (Å²) < 4.78 is 15.1. The number of nitrogens with one attached hydrogen (secondary N) is 1. The first kappa shape index (κ1) is 16.7. The SMILES string of the molecule is COCCCOc1cccc(/C=C/C(=O)OC)c1NC=O. The monoisotopic (exact) mass is 293 g/mol. The van der Waals surface area contributed by atoms with Gasteiger partial charge in [0.15, 0.2) is 0 Å². The third-order valence-corrected chi connectivity index (χ3v) is 2.61. The van der Waals surface area contributed by atoms with E-state index in [1.807, 2.05) is 0 Å². The molecule has 114 valence electrons. The van der Waals surface area contributed by atoms with Crippen LogP contribution in [0.15, 0.2) is 24.3 Å². The lowest BCUT2D eigenvalue weighted by molar-refractivity contribution is -0.134. The van der Waals surface area contributed by atoms with E-state index < -0.39 is 5.97 Å². The van der Waals surface area contributed by atoms with Gasteiger partial charge in [-0.3, -0.25) is 4.79 Å². The molecule has 0 aliphatic heterocycles. The molecule has 0 unspecified atom stereocenters. The second-order valence-corrected chi connectivity index (χ2v) is 4.03. The van der Waals surface area contributed by atoms with Crippen molar-refractivity contribution in [3.63, 3.8) is 0 Å². The van der Waals surface area contributed by atoms with Crippen molar-refractivity contribution in [3.8, 4) is 5.75 Å². The zero-order chi connectivity index (χ0) is 15.5. The van der Waals surface area contributed by atoms with E-state index in [1.165, 1.54) is 13.2 Å². The summed E-state index contributed by atoms with van der Waals surface area (Å²) in [6, 6.07) is 5.28. The van der Waals surface area contributed by atoms with Gasteiger partial charge < -0.3 is 19.5 Å². The van der Waals surface area contributed by atoms with Gasteiger partial charge in [0, 0.05) is 31.8 Å². The molecule has 0 aliphatic carbocycles. The molecule has 0 saturated carbocycles. The Morgan fingerprint density at radius 3 is 2.76 bits per heavy atom. The number of hydrogen-bond acceptors (Lipinski definition) is 5. The molecule has 0 atom stereocenters. The van der Waals surface area contributed by atoms with Crippen molar-refractivity contribution in [2.45, 2.75) is 6.42 Å². The highest BCUT2D eigenvalue weighted by Gasteiger charge is 2.07. The van der Waals surface area contributed by atoms with Crippen LogP contribution in [0.2, 0.25) is 0 Å². The number of benzene rings is 1. The molecular weight excluding hydrogens is 274 g/mol. The van der Waals surface area contributed by atoms with E-state index >= 15 is 0 Å². The molecule has 6 nitrogen and oxygen atoms in total. The fourth-order valence-corrected chi connectivity index (χ4v) is 1.63. The van der Waals surface area contributed by atoms with Gasteiger partial charge in [0.25, 0.3) is 0 Å². The van der Waals surface area contributed by atoms with Crippen molar-refractivity contribution in [1.29, 1.82) is 0 Å². The predicted molar refractivity (Wildman–Crippen MR) is 79.2 cm³/mol. The highest BCUT2D eigenvalue weighted by atomic mass is 16.5. The summed E-state index contributed by atoms with van der Waals surface area (Å²) in [5.74, 6) is 0.0590. The number of esters is 1. The molecule has 1 aromatic carbocycles. The highest BCUT2D eigenvalue weighted by Crippen LogP contribution is 2.29. The Morgan fingerprint density at radius 2 is 2.10 bits per heavy atom. The topological polar surface area (TPSA) is 73.9 Å². The van der Waals surface area contributed by atoms with Crippen molar-refractivity contribution >= 4 is 24.1 Å². The second kappa shape index (κ2) is 9.55. The summed E-state index contributed by atoms with van der Waals surface area (Å²) in [5.41, 5.74) is 1.15. The van der Waals surface area contributed by atoms with Gasteiger partial charge in [-0.05, 0) is 12.1 Å². The van der Waals surface area contributed by atoms with Gasteiger partial charge in [-0.25, -0.2) is 4.79 Å². The van der Waals surface area contributed by atoms with E-state index in [9.17, 15) is 9.59 Å². The molecule has 21 heavy (non-hydrogen) atoms. The number of hydrogen-bond donors (Lipinski definition) is 1. The van der Waals surface area contributed by atoms with Crippen molar-refractivity contribution in [2.24, 2.45) is 0 Å². The molecule has 6 heteroatoms. The van der Waals surface area contributed by atoms with E-state index in [0.717, 1.165) is 6.42 Å². The lowest BCUT2D eigenvalue weighted by atomic mass is 10.1. The van der Waals surface area contributed by atoms with Gasteiger partial charge in [-0.2, -0.15) is 0 Å². The Kier molecular flexibility index (Phi) is 7.60. The molecule has 0 aromatic heterocycles. The number of carbonyl (C=O) groups excluding carboxylic acids is 2. The van der Waals surface area contributed by atoms with Crippen molar-refractivity contribution in [1.82, 2.24) is 0 Å². The summed E-state index contributed by atoms with van der Waals surface area (Å²) in [7, 11) is 2.92. The number of amides is 1. The lowest BCUT2D eigenvalue weighted by Gasteiger charge is -2.13. The van der Waals surface area contributed by atoms with E-state index in [2.05, 4.69) is 10.1 Å². The van der Waals surface area contributed by atoms with E-state index in [0.29, 0.717) is 36.6 Å². The van der Waals surface area contributed by atoms with Crippen LogP contribution in [-0.4, -0.2) is 39.8 Å². The number of methoxy groups -OCH3 is 2. The van der Waals surface area contributed by atoms with Crippen LogP contribution in [0, 0.1) is 0 Å². The number of ether oxygens (including phenoxy) is 3. The maximum atomic E-state index is 11.1. The van der Waals surface area contributed by atoms with Gasteiger partial charge in [0.05, 0.1) is 19.4 Å². The maximum absolute atomic E-state index is 11.1. The summed E-state index contributed by atoms with van der Waals surface area (Å²) in [4.78, 5) is 21.9. The van der Waals surface area contributed by atoms with Gasteiger partial charge in [0.2, 0.25) is 6.41 Å². The zero-order valence-corrected chi connectivity index (χ0v) is 12.1. The Bertz CT molecular complexity index is 499. The predicted octanol–water partition coefficient (Wildman–Crippen LogP) is 1.86. The number of para-hydroxylation sites is 1. The quantitative estimate of drug-likeness (QED) is 0.325. The van der Waals surface area contributed by atoms with Crippen LogP contribution < -0.4 is 10.1 Å². The molecule has 0 radical (unpaired) electrons. The normalized spacial score (nSPS) is 10.4. The van der Waals surface area contributed by atoms with E-state index in [-0.39, 0.29) is 0 Å². The molecule has 1 aromatic rings. The lowest BCUT2D eigenvalue weighted by Crippen LogP contribution is -2.05. The Balaban J connectivity index is 2.89. The number of carbonyl (C=O) groups is 2. The standard InChI is InChI=1S/C15H19NO5/c1-19-9-4-10-21-13-6-3-5-12(15(13)16-11-17)7-8-14(18)20-2/h3,5-8,11H,4,9-10H2,1-2H3,(H,16,17)/b8-7+. The summed E-state index contributed by atoms with van der Waals surface area (Å²) >= 11 is 0. The highest BCUT2D eigenvalue weighted by molar-refractivity contribution is 5.90. The van der Waals surface area contributed by atoms with Crippen LogP contribution in [-0.2, 0) is 19.1 Å². The molecule has 0 saturated heterocycles. The number of anilines is 1. The summed E-state index contributed by atoms with van der Waals surface area (Å²) in [6.45, 7) is 1.06. The van der Waals surface area contributed by atoms with E-state index in [4.69, 9.17) is 9.47 Å². The van der Waals surface area contributed by atoms with Gasteiger partial charge in [0.1, 0.15) is 5.75 Å². The van der Waals surface area contributed by atoms with Crippen LogP contribution in [0.25, 0.3) is 6.08 Å². The molecule has 1 N–H and O–H groups in total. The fourth-order valence-electron chi connectivity index (χ4n) is 1.63. The fraction of sp³-hybridized carbons (Fsp3) is 0.333. The third-order valence-electron chi connectivity index (χ3n) is 2.61. The van der Waals surface area contributed by atoms with Gasteiger partial charge in [-0.1, -0.05) is 12.1 Å². The Labute approximate surface area is 123 Å². The minimum Gasteiger partial charge on any atom is -0.491 e. The molecule has 0 fully saturated rings. The molecule has 0 bridgehead atoms. The van der Waals surface area contributed by atoms with Crippen LogP contribution in [0.1, 0.15) is 12.0 Å². The molecule has 1 amide bonds. The van der Waals surface area contributed by atoms with Crippen LogP contribution >= 0.6 is 0 Å². The van der Waals surface area contributed by atoms with Crippen molar-refractivity contribution in [2.75, 3.05) is 32.8 Å². The summed E-state index contributed by atoms with van der Waals surface area (Å²) in [5, 5.41) is 2.59.